The van der Waals surface area contributed by atoms with Crippen molar-refractivity contribution in [3.8, 4) is 10.6 Å². The first-order valence-electron chi connectivity index (χ1n) is 8.49. The van der Waals surface area contributed by atoms with Crippen molar-refractivity contribution in [3.05, 3.63) is 83.2 Å². The number of nitrogens with zero attached hydrogens (tertiary/aromatic N) is 1. The molecule has 0 aliphatic rings. The average molecular weight is 442 g/mol. The van der Waals surface area contributed by atoms with Crippen LogP contribution in [0.4, 0.5) is 11.4 Å². The highest BCUT2D eigenvalue weighted by atomic mass is 32.2. The summed E-state index contributed by atoms with van der Waals surface area (Å²) in [5.41, 5.74) is 2.47. The van der Waals surface area contributed by atoms with Crippen molar-refractivity contribution in [2.75, 3.05) is 10.0 Å². The molecule has 9 heteroatoms. The number of sulfonamides is 1. The lowest BCUT2D eigenvalue weighted by atomic mass is 10.1. The summed E-state index contributed by atoms with van der Waals surface area (Å²) < 4.78 is 27.2. The molecule has 146 valence electrons. The molecule has 0 radical (unpaired) electrons. The highest BCUT2D eigenvalue weighted by Gasteiger charge is 2.15. The Kier molecular flexibility index (Phi) is 5.43. The minimum absolute atomic E-state index is 0.237. The maximum absolute atomic E-state index is 12.5. The lowest BCUT2D eigenvalue weighted by Crippen LogP contribution is -2.13. The number of benzene rings is 2. The zero-order valence-electron chi connectivity index (χ0n) is 14.9. The van der Waals surface area contributed by atoms with E-state index in [0.29, 0.717) is 16.9 Å². The van der Waals surface area contributed by atoms with Crippen LogP contribution in [0.15, 0.2) is 81.8 Å². The third kappa shape index (κ3) is 4.53. The molecule has 2 N–H and O–H groups in total. The average Bonchev–Trinajstić information content (AvgIpc) is 3.43. The van der Waals surface area contributed by atoms with Crippen molar-refractivity contribution in [2.45, 2.75) is 4.21 Å². The number of anilines is 2. The van der Waals surface area contributed by atoms with E-state index in [1.165, 1.54) is 6.07 Å². The molecule has 0 saturated heterocycles. The van der Waals surface area contributed by atoms with E-state index >= 15 is 0 Å². The van der Waals surface area contributed by atoms with Gasteiger partial charge in [0.1, 0.15) is 9.22 Å². The largest absolute Gasteiger partial charge is 0.322 e. The summed E-state index contributed by atoms with van der Waals surface area (Å²) in [7, 11) is -3.61. The zero-order chi connectivity index (χ0) is 20.3. The molecule has 0 spiro atoms. The smallest absolute Gasteiger partial charge is 0.271 e. The number of carbonyl (C=O) groups excluding carboxylic acids is 1. The quantitative estimate of drug-likeness (QED) is 0.444. The van der Waals surface area contributed by atoms with Gasteiger partial charge in [-0.15, -0.1) is 22.7 Å². The molecule has 0 bridgehead atoms. The highest BCUT2D eigenvalue weighted by Crippen LogP contribution is 2.24. The third-order valence-electron chi connectivity index (χ3n) is 3.98. The van der Waals surface area contributed by atoms with Crippen LogP contribution in [0.5, 0.6) is 0 Å². The molecule has 2 aromatic heterocycles. The molecule has 1 amide bonds. The molecule has 0 unspecified atom stereocenters. The van der Waals surface area contributed by atoms with Crippen LogP contribution in [0.3, 0.4) is 0 Å². The van der Waals surface area contributed by atoms with Crippen LogP contribution < -0.4 is 10.0 Å². The standard InChI is InChI=1S/C20H15N3O3S3/c24-19(22-16-7-5-15(6-8-16)20-21-11-13-28-20)14-3-9-17(10-4-14)23-29(25,26)18-2-1-12-27-18/h1-13,23H,(H,22,24). The van der Waals surface area contributed by atoms with Gasteiger partial charge < -0.3 is 5.32 Å². The Bertz CT molecular complexity index is 1200. The van der Waals surface area contributed by atoms with Gasteiger partial charge in [0, 0.05) is 34.1 Å². The molecule has 0 atom stereocenters. The van der Waals surface area contributed by atoms with Crippen LogP contribution >= 0.6 is 22.7 Å². The molecule has 2 heterocycles. The number of amides is 1. The minimum atomic E-state index is -3.61. The van der Waals surface area contributed by atoms with Crippen LogP contribution in [0, 0.1) is 0 Å². The van der Waals surface area contributed by atoms with E-state index in [0.717, 1.165) is 21.9 Å². The first-order valence-corrected chi connectivity index (χ1v) is 11.7. The SMILES string of the molecule is O=C(Nc1ccc(-c2nccs2)cc1)c1ccc(NS(=O)(=O)c2cccs2)cc1. The molecule has 29 heavy (non-hydrogen) atoms. The van der Waals surface area contributed by atoms with Crippen molar-refractivity contribution >= 4 is 50.0 Å². The second-order valence-electron chi connectivity index (χ2n) is 5.98. The first kappa shape index (κ1) is 19.3. The second kappa shape index (κ2) is 8.16. The van der Waals surface area contributed by atoms with Gasteiger partial charge in [0.2, 0.25) is 0 Å². The summed E-state index contributed by atoms with van der Waals surface area (Å²) in [5, 5.41) is 7.36. The summed E-state index contributed by atoms with van der Waals surface area (Å²) in [6.45, 7) is 0. The Morgan fingerprint density at radius 1 is 0.862 bits per heavy atom. The van der Waals surface area contributed by atoms with E-state index in [1.54, 1.807) is 53.2 Å². The molecular formula is C20H15N3O3S3. The summed E-state index contributed by atoms with van der Waals surface area (Å²) in [6, 6.07) is 16.9. The van der Waals surface area contributed by atoms with Crippen LogP contribution in [0.25, 0.3) is 10.6 Å². The Labute approximate surface area is 175 Å². The van der Waals surface area contributed by atoms with E-state index in [2.05, 4.69) is 15.0 Å². The van der Waals surface area contributed by atoms with Gasteiger partial charge in [-0.1, -0.05) is 6.07 Å². The number of nitrogens with one attached hydrogen (secondary N) is 2. The van der Waals surface area contributed by atoms with E-state index < -0.39 is 10.0 Å². The fourth-order valence-corrected chi connectivity index (χ4v) is 5.27. The van der Waals surface area contributed by atoms with Crippen LogP contribution in [-0.4, -0.2) is 19.3 Å². The van der Waals surface area contributed by atoms with E-state index in [4.69, 9.17) is 0 Å². The Hall–Kier alpha value is -3.01. The lowest BCUT2D eigenvalue weighted by Gasteiger charge is -2.08. The second-order valence-corrected chi connectivity index (χ2v) is 9.74. The summed E-state index contributed by atoms with van der Waals surface area (Å²) in [4.78, 5) is 16.7. The molecule has 4 aromatic rings. The van der Waals surface area contributed by atoms with Gasteiger partial charge in [-0.25, -0.2) is 13.4 Å². The van der Waals surface area contributed by atoms with Gasteiger partial charge in [-0.3, -0.25) is 9.52 Å². The van der Waals surface area contributed by atoms with Crippen molar-refractivity contribution in [3.63, 3.8) is 0 Å². The molecule has 0 saturated carbocycles. The third-order valence-corrected chi connectivity index (χ3v) is 7.58. The number of thiophene rings is 1. The summed E-state index contributed by atoms with van der Waals surface area (Å²) >= 11 is 2.69. The van der Waals surface area contributed by atoms with Gasteiger partial charge in [0.05, 0.1) is 0 Å². The van der Waals surface area contributed by atoms with Crippen LogP contribution in [0.2, 0.25) is 0 Å². The predicted molar refractivity (Wildman–Crippen MR) is 117 cm³/mol. The molecular weight excluding hydrogens is 426 g/mol. The highest BCUT2D eigenvalue weighted by molar-refractivity contribution is 7.94. The summed E-state index contributed by atoms with van der Waals surface area (Å²) in [5.74, 6) is -0.278. The maximum Gasteiger partial charge on any atom is 0.271 e. The van der Waals surface area contributed by atoms with Gasteiger partial charge in [-0.2, -0.15) is 0 Å². The van der Waals surface area contributed by atoms with E-state index in [1.807, 2.05) is 29.6 Å². The van der Waals surface area contributed by atoms with Crippen molar-refractivity contribution in [1.82, 2.24) is 4.98 Å². The topological polar surface area (TPSA) is 88.2 Å². The van der Waals surface area contributed by atoms with Gasteiger partial charge >= 0.3 is 0 Å². The number of carbonyl (C=O) groups is 1. The van der Waals surface area contributed by atoms with Crippen molar-refractivity contribution in [2.24, 2.45) is 0 Å². The van der Waals surface area contributed by atoms with E-state index in [9.17, 15) is 13.2 Å². The first-order chi connectivity index (χ1) is 14.0. The van der Waals surface area contributed by atoms with Gasteiger partial charge in [-0.05, 0) is 60.0 Å². The molecule has 0 aliphatic carbocycles. The Morgan fingerprint density at radius 2 is 1.59 bits per heavy atom. The molecule has 4 rings (SSSR count). The summed E-state index contributed by atoms with van der Waals surface area (Å²) in [6.07, 6.45) is 1.75. The number of hydrogen-bond donors (Lipinski definition) is 2. The number of rotatable bonds is 6. The lowest BCUT2D eigenvalue weighted by molar-refractivity contribution is 0.102. The van der Waals surface area contributed by atoms with Gasteiger partial charge in [0.15, 0.2) is 0 Å². The Morgan fingerprint density at radius 3 is 2.21 bits per heavy atom. The minimum Gasteiger partial charge on any atom is -0.322 e. The van der Waals surface area contributed by atoms with Crippen molar-refractivity contribution < 1.29 is 13.2 Å². The van der Waals surface area contributed by atoms with Crippen LogP contribution in [0.1, 0.15) is 10.4 Å². The van der Waals surface area contributed by atoms with Crippen LogP contribution in [-0.2, 0) is 10.0 Å². The number of hydrogen-bond acceptors (Lipinski definition) is 6. The number of thiazole rings is 1. The van der Waals surface area contributed by atoms with Crippen molar-refractivity contribution in [1.29, 1.82) is 0 Å². The molecule has 6 nitrogen and oxygen atoms in total. The number of aromatic nitrogens is 1. The Balaban J connectivity index is 1.42. The molecule has 0 aliphatic heterocycles. The fraction of sp³-hybridized carbons (Fsp3) is 0. The maximum atomic E-state index is 12.5. The fourth-order valence-electron chi connectivity index (χ4n) is 2.58. The monoisotopic (exact) mass is 441 g/mol. The normalized spacial score (nSPS) is 11.2. The zero-order valence-corrected chi connectivity index (χ0v) is 17.4. The van der Waals surface area contributed by atoms with Gasteiger partial charge in [0.25, 0.3) is 15.9 Å². The van der Waals surface area contributed by atoms with E-state index in [-0.39, 0.29) is 10.1 Å². The predicted octanol–water partition coefficient (Wildman–Crippen LogP) is 4.92. The molecule has 0 fully saturated rings. The molecule has 2 aromatic carbocycles.